The number of aryl methyl sites for hydroxylation is 2. The lowest BCUT2D eigenvalue weighted by molar-refractivity contribution is 0.401. The van der Waals surface area contributed by atoms with Crippen LogP contribution in [0.1, 0.15) is 29.8 Å². The molecule has 0 radical (unpaired) electrons. The molecule has 4 nitrogen and oxygen atoms in total. The molecule has 1 unspecified atom stereocenters. The van der Waals surface area contributed by atoms with Crippen LogP contribution in [0.5, 0.6) is 5.75 Å². The molecule has 19 heavy (non-hydrogen) atoms. The average molecular weight is 371 g/mol. The Balaban J connectivity index is 2.52. The monoisotopic (exact) mass is 371 g/mol. The van der Waals surface area contributed by atoms with E-state index in [2.05, 4.69) is 47.6 Å². The van der Waals surface area contributed by atoms with Gasteiger partial charge < -0.3 is 10.5 Å². The molecule has 0 saturated carbocycles. The van der Waals surface area contributed by atoms with Crippen molar-refractivity contribution >= 4 is 28.4 Å². The van der Waals surface area contributed by atoms with Crippen LogP contribution in [0.4, 0.5) is 5.82 Å². The van der Waals surface area contributed by atoms with Gasteiger partial charge in [0.1, 0.15) is 11.6 Å². The van der Waals surface area contributed by atoms with E-state index in [-0.39, 0.29) is 6.04 Å². The van der Waals surface area contributed by atoms with Crippen molar-refractivity contribution in [2.75, 3.05) is 12.8 Å². The molecule has 0 amide bonds. The molecule has 0 bridgehead atoms. The predicted molar refractivity (Wildman–Crippen MR) is 85.6 cm³/mol. The highest BCUT2D eigenvalue weighted by Gasteiger charge is 2.19. The lowest BCUT2D eigenvalue weighted by atomic mass is 10.0. The molecule has 1 atom stereocenters. The molecule has 0 aliphatic heterocycles. The molecule has 5 heteroatoms. The lowest BCUT2D eigenvalue weighted by Crippen LogP contribution is -2.13. The summed E-state index contributed by atoms with van der Waals surface area (Å²) >= 11 is 2.23. The number of ether oxygens (including phenoxy) is 1. The van der Waals surface area contributed by atoms with Crippen molar-refractivity contribution in [2.45, 2.75) is 26.8 Å². The summed E-state index contributed by atoms with van der Waals surface area (Å²) < 4.78 is 8.30. The summed E-state index contributed by atoms with van der Waals surface area (Å²) in [6.45, 7) is 6.11. The van der Waals surface area contributed by atoms with Gasteiger partial charge in [-0.15, -0.1) is 0 Å². The summed E-state index contributed by atoms with van der Waals surface area (Å²) in [5.74, 6) is 1.56. The third-order valence-corrected chi connectivity index (χ3v) is 4.58. The molecular formula is C14H18IN3O. The van der Waals surface area contributed by atoms with Crippen LogP contribution in [0.25, 0.3) is 0 Å². The molecule has 0 spiro atoms. The molecule has 1 aromatic carbocycles. The number of anilines is 1. The van der Waals surface area contributed by atoms with Crippen molar-refractivity contribution in [3.63, 3.8) is 0 Å². The zero-order chi connectivity index (χ0) is 14.2. The molecule has 0 aliphatic rings. The summed E-state index contributed by atoms with van der Waals surface area (Å²) in [5, 5.41) is 4.52. The number of halogens is 1. The van der Waals surface area contributed by atoms with Crippen LogP contribution in [-0.4, -0.2) is 16.9 Å². The topological polar surface area (TPSA) is 53.1 Å². The molecule has 0 fully saturated rings. The summed E-state index contributed by atoms with van der Waals surface area (Å²) in [6.07, 6.45) is 0. The maximum absolute atomic E-state index is 6.12. The maximum Gasteiger partial charge on any atom is 0.136 e. The first kappa shape index (κ1) is 14.2. The van der Waals surface area contributed by atoms with Gasteiger partial charge in [-0.3, -0.25) is 0 Å². The van der Waals surface area contributed by atoms with E-state index in [1.54, 1.807) is 7.11 Å². The fraction of sp³-hybridized carbons (Fsp3) is 0.357. The maximum atomic E-state index is 6.12. The van der Waals surface area contributed by atoms with Gasteiger partial charge in [-0.25, -0.2) is 4.68 Å². The quantitative estimate of drug-likeness (QED) is 0.843. The molecule has 102 valence electrons. The SMILES string of the molecule is COc1ccc(C)cc1C(C)n1nc(C)c(I)c1N. The third-order valence-electron chi connectivity index (χ3n) is 3.25. The Morgan fingerprint density at radius 3 is 2.58 bits per heavy atom. The molecule has 1 heterocycles. The van der Waals surface area contributed by atoms with E-state index >= 15 is 0 Å². The van der Waals surface area contributed by atoms with E-state index in [1.165, 1.54) is 5.56 Å². The average Bonchev–Trinajstić information content (AvgIpc) is 2.65. The highest BCUT2D eigenvalue weighted by molar-refractivity contribution is 14.1. The number of hydrogen-bond donors (Lipinski definition) is 1. The normalized spacial score (nSPS) is 12.5. The van der Waals surface area contributed by atoms with E-state index in [9.17, 15) is 0 Å². The second kappa shape index (κ2) is 5.40. The summed E-state index contributed by atoms with van der Waals surface area (Å²) in [7, 11) is 1.68. The molecule has 2 aromatic rings. The molecule has 2 N–H and O–H groups in total. The standard InChI is InChI=1S/C14H18IN3O/c1-8-5-6-12(19-4)11(7-8)10(3)18-14(16)13(15)9(2)17-18/h5-7,10H,16H2,1-4H3. The van der Waals surface area contributed by atoms with Gasteiger partial charge in [-0.1, -0.05) is 17.7 Å². The minimum atomic E-state index is 0.0389. The van der Waals surface area contributed by atoms with Crippen LogP contribution >= 0.6 is 22.6 Å². The smallest absolute Gasteiger partial charge is 0.136 e. The minimum absolute atomic E-state index is 0.0389. The van der Waals surface area contributed by atoms with Crippen molar-refractivity contribution in [3.05, 3.63) is 38.6 Å². The van der Waals surface area contributed by atoms with Gasteiger partial charge >= 0.3 is 0 Å². The van der Waals surface area contributed by atoms with Crippen molar-refractivity contribution in [1.82, 2.24) is 9.78 Å². The van der Waals surface area contributed by atoms with Crippen LogP contribution in [-0.2, 0) is 0 Å². The first-order valence-corrected chi connectivity index (χ1v) is 7.18. The highest BCUT2D eigenvalue weighted by atomic mass is 127. The Morgan fingerprint density at radius 2 is 2.05 bits per heavy atom. The number of nitrogens with two attached hydrogens (primary N) is 1. The molecule has 0 saturated heterocycles. The fourth-order valence-corrected chi connectivity index (χ4v) is 2.51. The Labute approximate surface area is 127 Å². The molecule has 0 aliphatic carbocycles. The first-order valence-electron chi connectivity index (χ1n) is 6.10. The van der Waals surface area contributed by atoms with Crippen LogP contribution in [0, 0.1) is 17.4 Å². The Bertz CT molecular complexity index is 607. The van der Waals surface area contributed by atoms with E-state index < -0.39 is 0 Å². The van der Waals surface area contributed by atoms with Crippen LogP contribution in [0.2, 0.25) is 0 Å². The number of benzene rings is 1. The van der Waals surface area contributed by atoms with Gasteiger partial charge in [0, 0.05) is 5.56 Å². The van der Waals surface area contributed by atoms with Gasteiger partial charge in [-0.05, 0) is 49.4 Å². The van der Waals surface area contributed by atoms with Gasteiger partial charge in [0.15, 0.2) is 0 Å². The van der Waals surface area contributed by atoms with Crippen LogP contribution in [0.15, 0.2) is 18.2 Å². The Morgan fingerprint density at radius 1 is 1.37 bits per heavy atom. The molecule has 1 aromatic heterocycles. The van der Waals surface area contributed by atoms with Gasteiger partial charge in [-0.2, -0.15) is 5.10 Å². The number of methoxy groups -OCH3 is 1. The molecular weight excluding hydrogens is 353 g/mol. The van der Waals surface area contributed by atoms with Crippen LogP contribution in [0.3, 0.4) is 0 Å². The minimum Gasteiger partial charge on any atom is -0.496 e. The zero-order valence-electron chi connectivity index (χ0n) is 11.6. The fourth-order valence-electron chi connectivity index (χ4n) is 2.15. The first-order chi connectivity index (χ1) is 8.95. The van der Waals surface area contributed by atoms with Crippen molar-refractivity contribution in [3.8, 4) is 5.75 Å². The van der Waals surface area contributed by atoms with Crippen molar-refractivity contribution in [1.29, 1.82) is 0 Å². The number of nitrogens with zero attached hydrogens (tertiary/aromatic N) is 2. The van der Waals surface area contributed by atoms with E-state index in [0.29, 0.717) is 5.82 Å². The van der Waals surface area contributed by atoms with Crippen molar-refractivity contribution < 1.29 is 4.74 Å². The van der Waals surface area contributed by atoms with Crippen LogP contribution < -0.4 is 10.5 Å². The van der Waals surface area contributed by atoms with Gasteiger partial charge in [0.25, 0.3) is 0 Å². The predicted octanol–water partition coefficient (Wildman–Crippen LogP) is 3.30. The largest absolute Gasteiger partial charge is 0.496 e. The number of rotatable bonds is 3. The van der Waals surface area contributed by atoms with E-state index in [1.807, 2.05) is 23.7 Å². The second-order valence-corrected chi connectivity index (χ2v) is 5.73. The van der Waals surface area contributed by atoms with Gasteiger partial charge in [0.2, 0.25) is 0 Å². The van der Waals surface area contributed by atoms with Crippen molar-refractivity contribution in [2.24, 2.45) is 0 Å². The number of hydrogen-bond acceptors (Lipinski definition) is 3. The second-order valence-electron chi connectivity index (χ2n) is 4.65. The number of nitrogen functional groups attached to an aromatic ring is 1. The third kappa shape index (κ3) is 2.56. The highest BCUT2D eigenvalue weighted by Crippen LogP contribution is 2.31. The van der Waals surface area contributed by atoms with E-state index in [4.69, 9.17) is 10.5 Å². The molecule has 2 rings (SSSR count). The summed E-state index contributed by atoms with van der Waals surface area (Å²) in [4.78, 5) is 0. The number of aromatic nitrogens is 2. The zero-order valence-corrected chi connectivity index (χ0v) is 13.7. The lowest BCUT2D eigenvalue weighted by Gasteiger charge is -2.18. The van der Waals surface area contributed by atoms with Gasteiger partial charge in [0.05, 0.1) is 22.4 Å². The Hall–Kier alpha value is -1.24. The summed E-state index contributed by atoms with van der Waals surface area (Å²) in [5.41, 5.74) is 9.36. The Kier molecular flexibility index (Phi) is 4.03. The summed E-state index contributed by atoms with van der Waals surface area (Å²) in [6, 6.07) is 6.18. The van der Waals surface area contributed by atoms with E-state index in [0.717, 1.165) is 20.6 Å².